The first-order chi connectivity index (χ1) is 7.39. The third-order valence-electron chi connectivity index (χ3n) is 2.28. The minimum atomic E-state index is -0.608. The average Bonchev–Trinajstić information content (AvgIpc) is 2.48. The lowest BCUT2D eigenvalue weighted by Crippen LogP contribution is -2.38. The summed E-state index contributed by atoms with van der Waals surface area (Å²) in [4.78, 5) is 1.28. The van der Waals surface area contributed by atoms with Crippen molar-refractivity contribution >= 4 is 27.3 Å². The highest BCUT2D eigenvalue weighted by molar-refractivity contribution is 9.11. The van der Waals surface area contributed by atoms with E-state index in [0.29, 0.717) is 12.5 Å². The van der Waals surface area contributed by atoms with Crippen LogP contribution in [0.3, 0.4) is 0 Å². The maximum Gasteiger partial charge on any atom is 0.0746 e. The van der Waals surface area contributed by atoms with Crippen molar-refractivity contribution < 1.29 is 5.11 Å². The number of hydrogen-bond acceptors (Lipinski definition) is 3. The van der Waals surface area contributed by atoms with Crippen molar-refractivity contribution in [2.24, 2.45) is 5.92 Å². The third kappa shape index (κ3) is 5.43. The quantitative estimate of drug-likeness (QED) is 0.844. The van der Waals surface area contributed by atoms with Crippen molar-refractivity contribution in [3.63, 3.8) is 0 Å². The van der Waals surface area contributed by atoms with Gasteiger partial charge in [0.2, 0.25) is 0 Å². The summed E-state index contributed by atoms with van der Waals surface area (Å²) in [6.45, 7) is 7.62. The molecule has 1 rings (SSSR count). The number of thiophene rings is 1. The van der Waals surface area contributed by atoms with Crippen LogP contribution in [0.2, 0.25) is 0 Å². The second kappa shape index (κ2) is 6.15. The maximum atomic E-state index is 10.1. The van der Waals surface area contributed by atoms with Gasteiger partial charge in [0.1, 0.15) is 0 Å². The Morgan fingerprint density at radius 3 is 2.69 bits per heavy atom. The normalized spacial score (nSPS) is 15.4. The molecule has 1 aromatic heterocycles. The van der Waals surface area contributed by atoms with E-state index in [9.17, 15) is 5.11 Å². The fourth-order valence-corrected chi connectivity index (χ4v) is 3.31. The van der Waals surface area contributed by atoms with Gasteiger partial charge in [-0.3, -0.25) is 0 Å². The van der Waals surface area contributed by atoms with Crippen LogP contribution < -0.4 is 5.32 Å². The molecule has 16 heavy (non-hydrogen) atoms. The predicted octanol–water partition coefficient (Wildman–Crippen LogP) is 3.40. The highest BCUT2D eigenvalue weighted by atomic mass is 79.9. The molecule has 0 amide bonds. The van der Waals surface area contributed by atoms with Crippen LogP contribution in [0.1, 0.15) is 32.1 Å². The number of aliphatic hydroxyl groups is 1. The fraction of sp³-hybridized carbons (Fsp3) is 0.667. The van der Waals surface area contributed by atoms with E-state index in [4.69, 9.17) is 0 Å². The van der Waals surface area contributed by atoms with Gasteiger partial charge < -0.3 is 10.4 Å². The third-order valence-corrected chi connectivity index (χ3v) is 3.91. The van der Waals surface area contributed by atoms with Crippen LogP contribution in [-0.2, 0) is 6.54 Å². The smallest absolute Gasteiger partial charge is 0.0746 e. The topological polar surface area (TPSA) is 32.3 Å². The minimum absolute atomic E-state index is 0.521. The summed E-state index contributed by atoms with van der Waals surface area (Å²) in [6, 6.07) is 4.15. The molecule has 0 saturated carbocycles. The van der Waals surface area contributed by atoms with Crippen LogP contribution >= 0.6 is 27.3 Å². The molecule has 0 fully saturated rings. The van der Waals surface area contributed by atoms with Gasteiger partial charge >= 0.3 is 0 Å². The Hall–Kier alpha value is 0.1000. The SMILES string of the molecule is CC(C)CC(C)(O)CNCc1ccc(Br)s1. The largest absolute Gasteiger partial charge is 0.389 e. The van der Waals surface area contributed by atoms with Gasteiger partial charge in [0.05, 0.1) is 9.39 Å². The Labute approximate surface area is 110 Å². The zero-order valence-electron chi connectivity index (χ0n) is 10.1. The molecule has 0 spiro atoms. The molecule has 2 nitrogen and oxygen atoms in total. The molecule has 0 aromatic carbocycles. The molecular weight excluding hydrogens is 286 g/mol. The number of hydrogen-bond donors (Lipinski definition) is 2. The molecule has 0 saturated heterocycles. The monoisotopic (exact) mass is 305 g/mol. The maximum absolute atomic E-state index is 10.1. The Kier molecular flexibility index (Phi) is 5.44. The molecule has 0 aliphatic carbocycles. The summed E-state index contributed by atoms with van der Waals surface area (Å²) < 4.78 is 1.15. The zero-order chi connectivity index (χ0) is 12.2. The molecule has 1 aromatic rings. The molecular formula is C12H20BrNOS. The summed E-state index contributed by atoms with van der Waals surface area (Å²) in [5.74, 6) is 0.521. The molecule has 0 aliphatic heterocycles. The van der Waals surface area contributed by atoms with Crippen molar-refractivity contribution in [1.82, 2.24) is 5.32 Å². The van der Waals surface area contributed by atoms with Crippen molar-refractivity contribution in [3.8, 4) is 0 Å². The summed E-state index contributed by atoms with van der Waals surface area (Å²) in [5.41, 5.74) is -0.608. The molecule has 0 aliphatic rings. The summed E-state index contributed by atoms with van der Waals surface area (Å²) in [5, 5.41) is 13.4. The van der Waals surface area contributed by atoms with Gasteiger partial charge in [-0.1, -0.05) is 13.8 Å². The van der Waals surface area contributed by atoms with Crippen molar-refractivity contribution in [2.75, 3.05) is 6.54 Å². The van der Waals surface area contributed by atoms with E-state index in [1.807, 2.05) is 13.0 Å². The number of nitrogens with one attached hydrogen (secondary N) is 1. The van der Waals surface area contributed by atoms with Gasteiger partial charge in [-0.25, -0.2) is 0 Å². The van der Waals surface area contributed by atoms with E-state index in [0.717, 1.165) is 16.8 Å². The minimum Gasteiger partial charge on any atom is -0.389 e. The van der Waals surface area contributed by atoms with Gasteiger partial charge in [-0.15, -0.1) is 11.3 Å². The average molecular weight is 306 g/mol. The predicted molar refractivity (Wildman–Crippen MR) is 73.8 cm³/mol. The zero-order valence-corrected chi connectivity index (χ0v) is 12.5. The van der Waals surface area contributed by atoms with Gasteiger partial charge in [-0.2, -0.15) is 0 Å². The van der Waals surface area contributed by atoms with E-state index in [-0.39, 0.29) is 0 Å². The highest BCUT2D eigenvalue weighted by Gasteiger charge is 2.21. The fourth-order valence-electron chi connectivity index (χ4n) is 1.85. The molecule has 0 radical (unpaired) electrons. The van der Waals surface area contributed by atoms with Crippen LogP contribution in [0.5, 0.6) is 0 Å². The van der Waals surface area contributed by atoms with Crippen molar-refractivity contribution in [3.05, 3.63) is 20.8 Å². The van der Waals surface area contributed by atoms with Gasteiger partial charge in [0.25, 0.3) is 0 Å². The molecule has 0 bridgehead atoms. The molecule has 1 unspecified atom stereocenters. The van der Waals surface area contributed by atoms with Crippen LogP contribution in [-0.4, -0.2) is 17.3 Å². The van der Waals surface area contributed by atoms with Gasteiger partial charge in [0.15, 0.2) is 0 Å². The van der Waals surface area contributed by atoms with Crippen LogP contribution in [0.15, 0.2) is 15.9 Å². The van der Waals surface area contributed by atoms with Gasteiger partial charge in [-0.05, 0) is 47.3 Å². The lowest BCUT2D eigenvalue weighted by atomic mass is 9.94. The first kappa shape index (κ1) is 14.2. The lowest BCUT2D eigenvalue weighted by molar-refractivity contribution is 0.0384. The Morgan fingerprint density at radius 1 is 1.50 bits per heavy atom. The lowest BCUT2D eigenvalue weighted by Gasteiger charge is -2.25. The van der Waals surface area contributed by atoms with E-state index < -0.39 is 5.60 Å². The van der Waals surface area contributed by atoms with E-state index in [2.05, 4.69) is 41.2 Å². The first-order valence-electron chi connectivity index (χ1n) is 5.56. The van der Waals surface area contributed by atoms with Crippen molar-refractivity contribution in [1.29, 1.82) is 0 Å². The molecule has 1 atom stereocenters. The second-order valence-corrected chi connectivity index (χ2v) is 7.45. The van der Waals surface area contributed by atoms with Crippen LogP contribution in [0.25, 0.3) is 0 Å². The molecule has 4 heteroatoms. The summed E-state index contributed by atoms with van der Waals surface area (Å²) >= 11 is 5.16. The Morgan fingerprint density at radius 2 is 2.19 bits per heavy atom. The first-order valence-corrected chi connectivity index (χ1v) is 7.17. The standard InChI is InChI=1S/C12H20BrNOS/c1-9(2)6-12(3,15)8-14-7-10-4-5-11(13)16-10/h4-5,9,14-15H,6-8H2,1-3H3. The Balaban J connectivity index is 2.29. The molecule has 92 valence electrons. The van der Waals surface area contributed by atoms with Crippen LogP contribution in [0, 0.1) is 5.92 Å². The van der Waals surface area contributed by atoms with E-state index in [1.165, 1.54) is 4.88 Å². The number of rotatable bonds is 6. The van der Waals surface area contributed by atoms with Crippen LogP contribution in [0.4, 0.5) is 0 Å². The summed E-state index contributed by atoms with van der Waals surface area (Å²) in [6.07, 6.45) is 0.828. The van der Waals surface area contributed by atoms with Crippen molar-refractivity contribution in [2.45, 2.75) is 39.3 Å². The molecule has 2 N–H and O–H groups in total. The van der Waals surface area contributed by atoms with E-state index >= 15 is 0 Å². The number of halogens is 1. The second-order valence-electron chi connectivity index (χ2n) is 4.90. The summed E-state index contributed by atoms with van der Waals surface area (Å²) in [7, 11) is 0. The Bertz CT molecular complexity index is 323. The van der Waals surface area contributed by atoms with E-state index in [1.54, 1.807) is 11.3 Å². The van der Waals surface area contributed by atoms with Gasteiger partial charge in [0, 0.05) is 18.0 Å². The molecule has 1 heterocycles. The highest BCUT2D eigenvalue weighted by Crippen LogP contribution is 2.22.